The second kappa shape index (κ2) is 7.35. The van der Waals surface area contributed by atoms with Gasteiger partial charge in [0.25, 0.3) is 5.92 Å². The standard InChI is InChI=1S/C22H22F4N2O/c1-14-19(28(13-22(14,25)26)21(29)27-9-4-10-27)12-16-6-3-8-18(20(16)24)15-5-2-7-17(23)11-15/h2-3,5-8,11,14,19H,4,9-10,12-13H2,1H3/t14-,19+/m1/s1. The first-order valence-corrected chi connectivity index (χ1v) is 9.74. The van der Waals surface area contributed by atoms with Crippen LogP contribution >= 0.6 is 0 Å². The predicted octanol–water partition coefficient (Wildman–Crippen LogP) is 4.96. The highest BCUT2D eigenvalue weighted by Gasteiger charge is 2.54. The van der Waals surface area contributed by atoms with Crippen molar-refractivity contribution in [1.82, 2.24) is 9.80 Å². The van der Waals surface area contributed by atoms with E-state index in [0.29, 0.717) is 18.7 Å². The van der Waals surface area contributed by atoms with E-state index >= 15 is 4.39 Å². The summed E-state index contributed by atoms with van der Waals surface area (Å²) in [4.78, 5) is 15.4. The molecule has 0 spiro atoms. The molecule has 0 N–H and O–H groups in total. The van der Waals surface area contributed by atoms with Crippen LogP contribution in [0.15, 0.2) is 42.5 Å². The summed E-state index contributed by atoms with van der Waals surface area (Å²) < 4.78 is 57.6. The number of rotatable bonds is 3. The van der Waals surface area contributed by atoms with Crippen molar-refractivity contribution in [2.75, 3.05) is 19.6 Å². The molecule has 3 nitrogen and oxygen atoms in total. The van der Waals surface area contributed by atoms with E-state index in [-0.39, 0.29) is 17.5 Å². The van der Waals surface area contributed by atoms with Gasteiger partial charge in [-0.2, -0.15) is 0 Å². The Bertz CT molecular complexity index is 929. The number of benzene rings is 2. The lowest BCUT2D eigenvalue weighted by Gasteiger charge is -2.37. The van der Waals surface area contributed by atoms with Crippen LogP contribution in [-0.2, 0) is 6.42 Å². The van der Waals surface area contributed by atoms with Crippen LogP contribution in [0.25, 0.3) is 11.1 Å². The lowest BCUT2D eigenvalue weighted by atomic mass is 9.92. The van der Waals surface area contributed by atoms with Crippen molar-refractivity contribution in [3.63, 3.8) is 0 Å². The number of nitrogens with zero attached hydrogens (tertiary/aromatic N) is 2. The molecule has 0 aromatic heterocycles. The van der Waals surface area contributed by atoms with E-state index < -0.39 is 42.1 Å². The Kier molecular flexibility index (Phi) is 5.00. The molecule has 29 heavy (non-hydrogen) atoms. The number of hydrogen-bond acceptors (Lipinski definition) is 1. The van der Waals surface area contributed by atoms with Crippen LogP contribution in [0.3, 0.4) is 0 Å². The van der Waals surface area contributed by atoms with Gasteiger partial charge in [-0.05, 0) is 36.1 Å². The van der Waals surface area contributed by atoms with Crippen molar-refractivity contribution in [2.45, 2.75) is 31.7 Å². The molecular weight excluding hydrogens is 384 g/mol. The summed E-state index contributed by atoms with van der Waals surface area (Å²) in [6, 6.07) is 9.05. The molecule has 0 radical (unpaired) electrons. The minimum atomic E-state index is -3.03. The first-order chi connectivity index (χ1) is 13.8. The molecule has 0 aliphatic carbocycles. The molecule has 0 saturated carbocycles. The van der Waals surface area contributed by atoms with E-state index in [1.54, 1.807) is 17.0 Å². The lowest BCUT2D eigenvalue weighted by Crippen LogP contribution is -2.52. The molecule has 0 bridgehead atoms. The number of hydrogen-bond donors (Lipinski definition) is 0. The summed E-state index contributed by atoms with van der Waals surface area (Å²) in [5, 5.41) is 0. The number of likely N-dealkylation sites (tertiary alicyclic amines) is 2. The zero-order chi connectivity index (χ0) is 20.8. The van der Waals surface area contributed by atoms with Crippen molar-refractivity contribution in [2.24, 2.45) is 5.92 Å². The summed E-state index contributed by atoms with van der Waals surface area (Å²) in [6.07, 6.45) is 0.839. The summed E-state index contributed by atoms with van der Waals surface area (Å²) in [5.41, 5.74) is 0.824. The Morgan fingerprint density at radius 3 is 2.52 bits per heavy atom. The van der Waals surface area contributed by atoms with Gasteiger partial charge in [-0.3, -0.25) is 0 Å². The van der Waals surface area contributed by atoms with Crippen LogP contribution in [0.5, 0.6) is 0 Å². The Morgan fingerprint density at radius 2 is 1.86 bits per heavy atom. The highest BCUT2D eigenvalue weighted by molar-refractivity contribution is 5.76. The molecule has 2 aliphatic heterocycles. The van der Waals surface area contributed by atoms with Crippen molar-refractivity contribution in [3.8, 4) is 11.1 Å². The second-order valence-corrected chi connectivity index (χ2v) is 7.86. The molecule has 2 heterocycles. The molecule has 154 valence electrons. The number of amides is 2. The van der Waals surface area contributed by atoms with Crippen LogP contribution < -0.4 is 0 Å². The molecule has 2 atom stereocenters. The molecular formula is C22H22F4N2O. The van der Waals surface area contributed by atoms with Crippen molar-refractivity contribution in [3.05, 3.63) is 59.7 Å². The largest absolute Gasteiger partial charge is 0.325 e. The van der Waals surface area contributed by atoms with Crippen LogP contribution in [0.4, 0.5) is 22.4 Å². The van der Waals surface area contributed by atoms with Crippen LogP contribution in [0.1, 0.15) is 18.9 Å². The number of carbonyl (C=O) groups excluding carboxylic acids is 1. The van der Waals surface area contributed by atoms with Gasteiger partial charge < -0.3 is 9.80 Å². The van der Waals surface area contributed by atoms with E-state index in [4.69, 9.17) is 0 Å². The van der Waals surface area contributed by atoms with Gasteiger partial charge >= 0.3 is 6.03 Å². The third kappa shape index (κ3) is 3.58. The number of urea groups is 1. The van der Waals surface area contributed by atoms with Gasteiger partial charge in [0.15, 0.2) is 0 Å². The fraction of sp³-hybridized carbons (Fsp3) is 0.409. The summed E-state index contributed by atoms with van der Waals surface area (Å²) in [6.45, 7) is 1.87. The Hall–Kier alpha value is -2.57. The minimum Gasteiger partial charge on any atom is -0.325 e. The van der Waals surface area contributed by atoms with Gasteiger partial charge in [0.05, 0.1) is 6.54 Å². The fourth-order valence-corrected chi connectivity index (χ4v) is 4.07. The maximum Gasteiger partial charge on any atom is 0.320 e. The minimum absolute atomic E-state index is 0.0225. The monoisotopic (exact) mass is 406 g/mol. The molecule has 2 aromatic carbocycles. The SMILES string of the molecule is C[C@@H]1[C@H](Cc2cccc(-c3cccc(F)c3)c2F)N(C(=O)N2CCC2)CC1(F)F. The molecule has 2 saturated heterocycles. The van der Waals surface area contributed by atoms with Gasteiger partial charge in [0.2, 0.25) is 0 Å². The topological polar surface area (TPSA) is 23.6 Å². The second-order valence-electron chi connectivity index (χ2n) is 7.86. The first-order valence-electron chi connectivity index (χ1n) is 9.74. The third-order valence-corrected chi connectivity index (χ3v) is 6.04. The number of carbonyl (C=O) groups is 1. The number of alkyl halides is 2. The van der Waals surface area contributed by atoms with Crippen molar-refractivity contribution in [1.29, 1.82) is 0 Å². The normalized spacial score (nSPS) is 23.2. The maximum absolute atomic E-state index is 15.2. The highest BCUT2D eigenvalue weighted by Crippen LogP contribution is 2.40. The van der Waals surface area contributed by atoms with Gasteiger partial charge in [-0.1, -0.05) is 37.3 Å². The van der Waals surface area contributed by atoms with E-state index in [2.05, 4.69) is 0 Å². The van der Waals surface area contributed by atoms with Gasteiger partial charge in [-0.25, -0.2) is 22.4 Å². The Balaban J connectivity index is 1.64. The Morgan fingerprint density at radius 1 is 1.14 bits per heavy atom. The lowest BCUT2D eigenvalue weighted by molar-refractivity contribution is -0.0232. The van der Waals surface area contributed by atoms with Gasteiger partial charge in [-0.15, -0.1) is 0 Å². The number of halogens is 4. The quantitative estimate of drug-likeness (QED) is 0.662. The fourth-order valence-electron chi connectivity index (χ4n) is 4.07. The van der Waals surface area contributed by atoms with Crippen LogP contribution in [0, 0.1) is 17.6 Å². The van der Waals surface area contributed by atoms with E-state index in [9.17, 15) is 18.0 Å². The van der Waals surface area contributed by atoms with Crippen molar-refractivity contribution < 1.29 is 22.4 Å². The molecule has 0 unspecified atom stereocenters. The van der Waals surface area contributed by atoms with Crippen molar-refractivity contribution >= 4 is 6.03 Å². The van der Waals surface area contributed by atoms with E-state index in [1.165, 1.54) is 42.2 Å². The van der Waals surface area contributed by atoms with Crippen LogP contribution in [-0.4, -0.2) is 47.4 Å². The molecule has 2 amide bonds. The van der Waals surface area contributed by atoms with Gasteiger partial charge in [0.1, 0.15) is 11.6 Å². The maximum atomic E-state index is 15.2. The van der Waals surface area contributed by atoms with E-state index in [0.717, 1.165) is 6.42 Å². The molecule has 7 heteroatoms. The third-order valence-electron chi connectivity index (χ3n) is 6.04. The summed E-state index contributed by atoms with van der Waals surface area (Å²) in [5.74, 6) is -5.17. The molecule has 2 aliphatic rings. The summed E-state index contributed by atoms with van der Waals surface area (Å²) in [7, 11) is 0. The Labute approximate surface area is 166 Å². The summed E-state index contributed by atoms with van der Waals surface area (Å²) >= 11 is 0. The highest BCUT2D eigenvalue weighted by atomic mass is 19.3. The first kappa shape index (κ1) is 19.7. The van der Waals surface area contributed by atoms with E-state index in [1.807, 2.05) is 0 Å². The predicted molar refractivity (Wildman–Crippen MR) is 102 cm³/mol. The zero-order valence-corrected chi connectivity index (χ0v) is 16.0. The zero-order valence-electron chi connectivity index (χ0n) is 16.0. The van der Waals surface area contributed by atoms with Gasteiger partial charge in [0, 0.05) is 30.6 Å². The van der Waals surface area contributed by atoms with Crippen LogP contribution in [0.2, 0.25) is 0 Å². The molecule has 4 rings (SSSR count). The average Bonchev–Trinajstić information content (AvgIpc) is 2.85. The average molecular weight is 406 g/mol. The smallest absolute Gasteiger partial charge is 0.320 e. The molecule has 2 aromatic rings. The molecule has 2 fully saturated rings.